The van der Waals surface area contributed by atoms with Crippen molar-refractivity contribution >= 4 is 5.91 Å². The van der Waals surface area contributed by atoms with E-state index in [1.54, 1.807) is 25.3 Å². The van der Waals surface area contributed by atoms with E-state index >= 15 is 0 Å². The fourth-order valence-electron chi connectivity index (χ4n) is 3.54. The maximum Gasteiger partial charge on any atom is 0.257 e. The van der Waals surface area contributed by atoms with Gasteiger partial charge in [0.25, 0.3) is 5.91 Å². The van der Waals surface area contributed by atoms with Crippen LogP contribution in [0.2, 0.25) is 0 Å². The average molecular weight is 372 g/mol. The van der Waals surface area contributed by atoms with Crippen LogP contribution in [0, 0.1) is 12.8 Å². The molecule has 27 heavy (non-hydrogen) atoms. The van der Waals surface area contributed by atoms with Crippen LogP contribution in [0.3, 0.4) is 0 Å². The molecular formula is C20H28N4O3. The summed E-state index contributed by atoms with van der Waals surface area (Å²) in [5.41, 5.74) is 6.11. The predicted octanol–water partition coefficient (Wildman–Crippen LogP) is 2.09. The molecule has 2 N–H and O–H groups in total. The molecule has 2 aromatic rings. The van der Waals surface area contributed by atoms with Crippen molar-refractivity contribution in [3.8, 4) is 11.5 Å². The average Bonchev–Trinajstić information content (AvgIpc) is 3.10. The predicted molar refractivity (Wildman–Crippen MR) is 103 cm³/mol. The highest BCUT2D eigenvalue weighted by atomic mass is 16.5. The molecule has 1 aromatic carbocycles. The van der Waals surface area contributed by atoms with E-state index in [0.29, 0.717) is 36.1 Å². The molecule has 7 heteroatoms. The van der Waals surface area contributed by atoms with Crippen molar-refractivity contribution in [2.75, 3.05) is 33.4 Å². The lowest BCUT2D eigenvalue weighted by Crippen LogP contribution is -2.41. The number of hydrogen-bond acceptors (Lipinski definition) is 5. The van der Waals surface area contributed by atoms with E-state index in [1.807, 2.05) is 24.2 Å². The number of nitrogens with zero attached hydrogens (tertiary/aromatic N) is 3. The molecule has 0 saturated carbocycles. The van der Waals surface area contributed by atoms with Crippen LogP contribution in [-0.4, -0.2) is 53.7 Å². The Morgan fingerprint density at radius 3 is 2.96 bits per heavy atom. The van der Waals surface area contributed by atoms with Crippen molar-refractivity contribution in [3.05, 3.63) is 42.0 Å². The first-order valence-electron chi connectivity index (χ1n) is 9.40. The fourth-order valence-corrected chi connectivity index (χ4v) is 3.54. The minimum Gasteiger partial charge on any atom is -0.497 e. The molecule has 0 radical (unpaired) electrons. The van der Waals surface area contributed by atoms with Gasteiger partial charge in [0.1, 0.15) is 23.9 Å². The van der Waals surface area contributed by atoms with E-state index in [0.717, 1.165) is 38.3 Å². The van der Waals surface area contributed by atoms with Crippen LogP contribution in [0.25, 0.3) is 0 Å². The summed E-state index contributed by atoms with van der Waals surface area (Å²) >= 11 is 0. The van der Waals surface area contributed by atoms with Crippen molar-refractivity contribution in [2.45, 2.75) is 26.3 Å². The number of imidazole rings is 1. The highest BCUT2D eigenvalue weighted by molar-refractivity contribution is 5.97. The molecule has 146 valence electrons. The topological polar surface area (TPSA) is 82.6 Å². The lowest BCUT2D eigenvalue weighted by atomic mass is 9.97. The number of rotatable bonds is 7. The van der Waals surface area contributed by atoms with Crippen molar-refractivity contribution in [2.24, 2.45) is 11.7 Å². The summed E-state index contributed by atoms with van der Waals surface area (Å²) in [6.07, 6.45) is 5.93. The number of aromatic nitrogens is 2. The molecule has 3 rings (SSSR count). The number of likely N-dealkylation sites (tertiary alicyclic amines) is 1. The molecule has 2 heterocycles. The SMILES string of the molecule is COc1ccc(C(=O)N2CCC[C@@H](Cn3ccnc3C)C2)c(OCCN)c1. The summed E-state index contributed by atoms with van der Waals surface area (Å²) in [5.74, 6) is 2.60. The zero-order chi connectivity index (χ0) is 19.2. The zero-order valence-electron chi connectivity index (χ0n) is 16.1. The van der Waals surface area contributed by atoms with Gasteiger partial charge < -0.3 is 24.7 Å². The maximum atomic E-state index is 13.2. The number of carbonyl (C=O) groups is 1. The quantitative estimate of drug-likeness (QED) is 0.805. The highest BCUT2D eigenvalue weighted by Gasteiger charge is 2.27. The van der Waals surface area contributed by atoms with Gasteiger partial charge in [0.15, 0.2) is 0 Å². The Morgan fingerprint density at radius 1 is 1.41 bits per heavy atom. The molecule has 0 bridgehead atoms. The lowest BCUT2D eigenvalue weighted by molar-refractivity contribution is 0.0657. The van der Waals surface area contributed by atoms with E-state index in [4.69, 9.17) is 15.2 Å². The summed E-state index contributed by atoms with van der Waals surface area (Å²) in [5, 5.41) is 0. The van der Waals surface area contributed by atoms with Crippen LogP contribution in [0.1, 0.15) is 29.0 Å². The van der Waals surface area contributed by atoms with E-state index in [9.17, 15) is 4.79 Å². The number of nitrogens with two attached hydrogens (primary N) is 1. The molecule has 1 aliphatic heterocycles. The van der Waals surface area contributed by atoms with E-state index in [1.165, 1.54) is 0 Å². The standard InChI is InChI=1S/C20H28N4O3/c1-15-22-8-10-23(15)13-16-4-3-9-24(14-16)20(25)18-6-5-17(26-2)12-19(18)27-11-7-21/h5-6,8,10,12,16H,3-4,7,9,11,13-14,21H2,1-2H3/t16-/m0/s1. The molecule has 0 aliphatic carbocycles. The Kier molecular flexibility index (Phi) is 6.34. The second kappa shape index (κ2) is 8.90. The van der Waals surface area contributed by atoms with Crippen LogP contribution >= 0.6 is 0 Å². The molecule has 1 fully saturated rings. The number of methoxy groups -OCH3 is 1. The summed E-state index contributed by atoms with van der Waals surface area (Å²) < 4.78 is 13.1. The van der Waals surface area contributed by atoms with Gasteiger partial charge in [0.2, 0.25) is 0 Å². The Balaban J connectivity index is 1.73. The smallest absolute Gasteiger partial charge is 0.257 e. The van der Waals surface area contributed by atoms with Gasteiger partial charge in [-0.05, 0) is 37.8 Å². The zero-order valence-corrected chi connectivity index (χ0v) is 16.1. The molecule has 7 nitrogen and oxygen atoms in total. The fraction of sp³-hybridized carbons (Fsp3) is 0.500. The van der Waals surface area contributed by atoms with Gasteiger partial charge in [-0.15, -0.1) is 0 Å². The first kappa shape index (κ1) is 19.2. The number of aryl methyl sites for hydroxylation is 1. The Hall–Kier alpha value is -2.54. The van der Waals surface area contributed by atoms with Gasteiger partial charge in [0.05, 0.1) is 12.7 Å². The monoisotopic (exact) mass is 372 g/mol. The summed E-state index contributed by atoms with van der Waals surface area (Å²) in [6.45, 7) is 5.13. The molecule has 0 unspecified atom stereocenters. The van der Waals surface area contributed by atoms with Crippen molar-refractivity contribution in [1.82, 2.24) is 14.5 Å². The molecule has 1 aliphatic rings. The molecule has 1 atom stereocenters. The second-order valence-electron chi connectivity index (χ2n) is 6.89. The third kappa shape index (κ3) is 4.60. The summed E-state index contributed by atoms with van der Waals surface area (Å²) in [7, 11) is 1.59. The van der Waals surface area contributed by atoms with Crippen molar-refractivity contribution < 1.29 is 14.3 Å². The number of benzene rings is 1. The molecule has 1 aromatic heterocycles. The van der Waals surface area contributed by atoms with Gasteiger partial charge in [0, 0.05) is 44.6 Å². The van der Waals surface area contributed by atoms with E-state index in [2.05, 4.69) is 9.55 Å². The highest BCUT2D eigenvalue weighted by Crippen LogP contribution is 2.28. The normalized spacial score (nSPS) is 17.0. The van der Waals surface area contributed by atoms with Crippen LogP contribution in [-0.2, 0) is 6.54 Å². The van der Waals surface area contributed by atoms with Crippen LogP contribution in [0.15, 0.2) is 30.6 Å². The Bertz CT molecular complexity index is 774. The molecule has 0 spiro atoms. The van der Waals surface area contributed by atoms with Gasteiger partial charge in [-0.3, -0.25) is 4.79 Å². The number of ether oxygens (including phenoxy) is 2. The molecular weight excluding hydrogens is 344 g/mol. The van der Waals surface area contributed by atoms with Crippen LogP contribution in [0.5, 0.6) is 11.5 Å². The third-order valence-electron chi connectivity index (χ3n) is 4.98. The third-order valence-corrected chi connectivity index (χ3v) is 4.98. The van der Waals surface area contributed by atoms with Gasteiger partial charge in [-0.25, -0.2) is 4.98 Å². The van der Waals surface area contributed by atoms with Crippen molar-refractivity contribution in [3.63, 3.8) is 0 Å². The Labute approximate surface area is 160 Å². The minimum atomic E-state index is -0.00303. The van der Waals surface area contributed by atoms with Crippen molar-refractivity contribution in [1.29, 1.82) is 0 Å². The van der Waals surface area contributed by atoms with Crippen LogP contribution < -0.4 is 15.2 Å². The second-order valence-corrected chi connectivity index (χ2v) is 6.89. The first-order chi connectivity index (χ1) is 13.1. The summed E-state index contributed by atoms with van der Waals surface area (Å²) in [6, 6.07) is 5.31. The minimum absolute atomic E-state index is 0.00303. The summed E-state index contributed by atoms with van der Waals surface area (Å²) in [4.78, 5) is 19.4. The van der Waals surface area contributed by atoms with Gasteiger partial charge in [-0.1, -0.05) is 0 Å². The molecule has 1 amide bonds. The van der Waals surface area contributed by atoms with Gasteiger partial charge >= 0.3 is 0 Å². The number of amides is 1. The van der Waals surface area contributed by atoms with E-state index in [-0.39, 0.29) is 5.91 Å². The molecule has 1 saturated heterocycles. The Morgan fingerprint density at radius 2 is 2.26 bits per heavy atom. The lowest BCUT2D eigenvalue weighted by Gasteiger charge is -2.33. The van der Waals surface area contributed by atoms with Gasteiger partial charge in [-0.2, -0.15) is 0 Å². The first-order valence-corrected chi connectivity index (χ1v) is 9.40. The number of hydrogen-bond donors (Lipinski definition) is 1. The largest absolute Gasteiger partial charge is 0.497 e. The number of carbonyl (C=O) groups excluding carboxylic acids is 1. The number of piperidine rings is 1. The van der Waals surface area contributed by atoms with E-state index < -0.39 is 0 Å². The maximum absolute atomic E-state index is 13.2. The van der Waals surface area contributed by atoms with Crippen LogP contribution in [0.4, 0.5) is 0 Å².